The van der Waals surface area contributed by atoms with Crippen molar-refractivity contribution in [2.75, 3.05) is 40.9 Å². The van der Waals surface area contributed by atoms with Crippen LogP contribution in [0.4, 0.5) is 0 Å². The predicted molar refractivity (Wildman–Crippen MR) is 270 cm³/mol. The quantitative estimate of drug-likeness (QED) is 0.0212. The minimum absolute atomic E-state index is 0.0279. The molecular weight excluding hydrogens is 820 g/mol. The van der Waals surface area contributed by atoms with E-state index in [1.807, 2.05) is 39.4 Å². The van der Waals surface area contributed by atoms with Gasteiger partial charge in [0.05, 0.1) is 33.8 Å². The summed E-state index contributed by atoms with van der Waals surface area (Å²) in [5.41, 5.74) is 0. The van der Waals surface area contributed by atoms with Gasteiger partial charge in [-0.25, -0.2) is 0 Å². The second-order valence-electron chi connectivity index (χ2n) is 19.4. The van der Waals surface area contributed by atoms with Crippen LogP contribution in [0.5, 0.6) is 0 Å². The number of nitrogens with zero attached hydrogens (tertiary/aromatic N) is 1. The van der Waals surface area contributed by atoms with Gasteiger partial charge in [0, 0.05) is 12.8 Å². The number of esters is 1. The number of carbonyl (C=O) groups excluding carboxylic acids is 2. The number of nitrogens with one attached hydrogen (secondary N) is 1. The summed E-state index contributed by atoms with van der Waals surface area (Å²) in [4.78, 5) is 39.6. The van der Waals surface area contributed by atoms with Crippen LogP contribution in [0, 0.1) is 0 Å². The molecule has 376 valence electrons. The van der Waals surface area contributed by atoms with Crippen LogP contribution < -0.4 is 10.2 Å². The van der Waals surface area contributed by atoms with Crippen molar-refractivity contribution in [3.05, 3.63) is 36.5 Å². The van der Waals surface area contributed by atoms with Crippen LogP contribution in [0.2, 0.25) is 0 Å². The average Bonchev–Trinajstić information content (AvgIpc) is 3.25. The van der Waals surface area contributed by atoms with Gasteiger partial charge in [-0.15, -0.1) is 0 Å². The van der Waals surface area contributed by atoms with E-state index in [1.54, 1.807) is 0 Å². The maximum Gasteiger partial charge on any atom is 0.306 e. The molecule has 1 amide bonds. The first-order valence-electron chi connectivity index (χ1n) is 26.8. The number of amides is 1. The van der Waals surface area contributed by atoms with E-state index < -0.39 is 32.5 Å². The summed E-state index contributed by atoms with van der Waals surface area (Å²) in [6.45, 7) is 6.79. The Labute approximate surface area is 396 Å². The van der Waals surface area contributed by atoms with Crippen molar-refractivity contribution in [2.45, 2.75) is 258 Å². The third kappa shape index (κ3) is 45.4. The lowest BCUT2D eigenvalue weighted by Gasteiger charge is -2.30. The number of quaternary nitrogens is 1. The predicted octanol–water partition coefficient (Wildman–Crippen LogP) is 15.0. The number of rotatable bonds is 48. The molecule has 3 atom stereocenters. The molecule has 1 N–H and O–H groups in total. The Morgan fingerprint density at radius 3 is 1.44 bits per heavy atom. The molecule has 0 aliphatic heterocycles. The fraction of sp³-hybridized carbons (Fsp3) is 0.852. The lowest BCUT2D eigenvalue weighted by Crippen LogP contribution is -2.47. The average molecular weight is 923 g/mol. The van der Waals surface area contributed by atoms with Crippen molar-refractivity contribution in [3.63, 3.8) is 0 Å². The van der Waals surface area contributed by atoms with Crippen LogP contribution in [-0.2, 0) is 27.9 Å². The molecule has 0 spiro atoms. The van der Waals surface area contributed by atoms with E-state index in [0.29, 0.717) is 23.9 Å². The maximum absolute atomic E-state index is 13.4. The molecule has 0 aromatic rings. The van der Waals surface area contributed by atoms with Crippen molar-refractivity contribution >= 4 is 19.7 Å². The van der Waals surface area contributed by atoms with E-state index in [0.717, 1.165) is 51.4 Å². The normalized spacial score (nSPS) is 14.2. The van der Waals surface area contributed by atoms with Crippen molar-refractivity contribution in [3.8, 4) is 0 Å². The van der Waals surface area contributed by atoms with Crippen LogP contribution >= 0.6 is 7.82 Å². The van der Waals surface area contributed by atoms with Gasteiger partial charge < -0.3 is 28.5 Å². The second-order valence-corrected chi connectivity index (χ2v) is 20.8. The standard InChI is InChI=1S/C54H103N2O7P/c1-7-10-13-16-19-22-25-27-29-31-34-37-40-43-46-53(57)55-51(50-62-64(59,60)61-49-48-56(4,5)6)52(45-42-39-36-33-30-24-21-18-15-12-9-3)63-54(58)47-44-41-38-35-32-28-26-23-20-17-14-11-8-2/h28,32,38,41-42,45,51-52H,7-27,29-31,33-37,39-40,43-44,46-50H2,1-6H3,(H-,55,57,59,60)/b32-28-,41-38+,45-42+. The maximum atomic E-state index is 13.4. The van der Waals surface area contributed by atoms with E-state index in [-0.39, 0.29) is 18.9 Å². The van der Waals surface area contributed by atoms with Crippen LogP contribution in [0.1, 0.15) is 245 Å². The van der Waals surface area contributed by atoms with Gasteiger partial charge in [-0.1, -0.05) is 218 Å². The van der Waals surface area contributed by atoms with Gasteiger partial charge in [0.15, 0.2) is 0 Å². The highest BCUT2D eigenvalue weighted by Crippen LogP contribution is 2.38. The van der Waals surface area contributed by atoms with E-state index in [9.17, 15) is 19.0 Å². The minimum atomic E-state index is -4.69. The van der Waals surface area contributed by atoms with Crippen molar-refractivity contribution in [1.29, 1.82) is 0 Å². The summed E-state index contributed by atoms with van der Waals surface area (Å²) in [5.74, 6) is -0.614. The molecule has 0 aromatic carbocycles. The summed E-state index contributed by atoms with van der Waals surface area (Å²) in [7, 11) is 1.16. The first kappa shape index (κ1) is 62.2. The molecule has 0 saturated carbocycles. The number of phosphoric ester groups is 1. The summed E-state index contributed by atoms with van der Waals surface area (Å²) >= 11 is 0. The number of carbonyl (C=O) groups is 2. The smallest absolute Gasteiger partial charge is 0.306 e. The molecule has 0 saturated heterocycles. The van der Waals surface area contributed by atoms with E-state index in [1.165, 1.54) is 154 Å². The summed E-state index contributed by atoms with van der Waals surface area (Å²) in [6.07, 6.45) is 51.2. The van der Waals surface area contributed by atoms with Crippen LogP contribution in [-0.4, -0.2) is 69.4 Å². The van der Waals surface area contributed by atoms with Crippen molar-refractivity contribution in [2.24, 2.45) is 0 Å². The molecule has 0 rings (SSSR count). The van der Waals surface area contributed by atoms with Crippen molar-refractivity contribution < 1.29 is 37.3 Å². The highest BCUT2D eigenvalue weighted by Gasteiger charge is 2.27. The third-order valence-electron chi connectivity index (χ3n) is 11.8. The monoisotopic (exact) mass is 923 g/mol. The zero-order chi connectivity index (χ0) is 47.3. The molecule has 10 heteroatoms. The fourth-order valence-corrected chi connectivity index (χ4v) is 8.36. The summed E-state index contributed by atoms with van der Waals surface area (Å²) < 4.78 is 30.1. The lowest BCUT2D eigenvalue weighted by molar-refractivity contribution is -0.870. The van der Waals surface area contributed by atoms with Crippen LogP contribution in [0.25, 0.3) is 0 Å². The number of hydrogen-bond acceptors (Lipinski definition) is 7. The van der Waals surface area contributed by atoms with E-state index >= 15 is 0 Å². The van der Waals surface area contributed by atoms with Gasteiger partial charge in [0.2, 0.25) is 5.91 Å². The Hall–Kier alpha value is -1.77. The zero-order valence-corrected chi connectivity index (χ0v) is 43.6. The Kier molecular flexibility index (Phi) is 43.8. The summed E-state index contributed by atoms with van der Waals surface area (Å²) in [5, 5.41) is 3.00. The van der Waals surface area contributed by atoms with E-state index in [2.05, 4.69) is 44.3 Å². The molecule has 9 nitrogen and oxygen atoms in total. The molecule has 0 aliphatic carbocycles. The molecular formula is C54H103N2O7P. The summed E-state index contributed by atoms with van der Waals surface area (Å²) in [6, 6.07) is -0.904. The van der Waals surface area contributed by atoms with Gasteiger partial charge in [-0.05, 0) is 51.0 Å². The molecule has 0 heterocycles. The van der Waals surface area contributed by atoms with Gasteiger partial charge >= 0.3 is 5.97 Å². The Balaban J connectivity index is 5.45. The number of hydrogen-bond donors (Lipinski definition) is 1. The Morgan fingerprint density at radius 1 is 0.547 bits per heavy atom. The highest BCUT2D eigenvalue weighted by molar-refractivity contribution is 7.45. The topological polar surface area (TPSA) is 114 Å². The molecule has 0 fully saturated rings. The van der Waals surface area contributed by atoms with Gasteiger partial charge in [0.1, 0.15) is 19.3 Å². The van der Waals surface area contributed by atoms with Gasteiger partial charge in [0.25, 0.3) is 7.82 Å². The zero-order valence-electron chi connectivity index (χ0n) is 42.7. The minimum Gasteiger partial charge on any atom is -0.756 e. The largest absolute Gasteiger partial charge is 0.756 e. The second kappa shape index (κ2) is 45.0. The van der Waals surface area contributed by atoms with Gasteiger partial charge in [-0.3, -0.25) is 14.2 Å². The van der Waals surface area contributed by atoms with Crippen molar-refractivity contribution in [1.82, 2.24) is 5.32 Å². The third-order valence-corrected chi connectivity index (χ3v) is 12.8. The number of unbranched alkanes of at least 4 members (excludes halogenated alkanes) is 28. The van der Waals surface area contributed by atoms with Crippen LogP contribution in [0.3, 0.4) is 0 Å². The fourth-order valence-electron chi connectivity index (χ4n) is 7.63. The number of allylic oxidation sites excluding steroid dienone is 5. The SMILES string of the molecule is CCCCCCCC/C=C\C/C=C/CCC(=O)OC(/C=C/CCCCCCCCCCC)C(COP(=O)([O-])OCC[N+](C)(C)C)NC(=O)CCCCCCCCCCCCCCCC. The number of phosphoric acid groups is 1. The number of ether oxygens (including phenoxy) is 1. The first-order chi connectivity index (χ1) is 30.9. The molecule has 64 heavy (non-hydrogen) atoms. The van der Waals surface area contributed by atoms with Crippen LogP contribution in [0.15, 0.2) is 36.5 Å². The molecule has 0 bridgehead atoms. The molecule has 0 aromatic heterocycles. The molecule has 0 aliphatic rings. The molecule has 0 radical (unpaired) electrons. The van der Waals surface area contributed by atoms with E-state index in [4.69, 9.17) is 13.8 Å². The lowest BCUT2D eigenvalue weighted by atomic mass is 10.0. The number of likely N-dealkylation sites (N-methyl/N-ethyl adjacent to an activating group) is 1. The van der Waals surface area contributed by atoms with Gasteiger partial charge in [-0.2, -0.15) is 0 Å². The molecule has 3 unspecified atom stereocenters. The highest BCUT2D eigenvalue weighted by atomic mass is 31.2. The Morgan fingerprint density at radius 2 is 0.969 bits per heavy atom. The first-order valence-corrected chi connectivity index (χ1v) is 28.3. The Bertz CT molecular complexity index is 1200.